The lowest BCUT2D eigenvalue weighted by molar-refractivity contribution is 0.172. The second-order valence-electron chi connectivity index (χ2n) is 7.41. The Balaban J connectivity index is 1.40. The first-order valence-corrected chi connectivity index (χ1v) is 10.2. The zero-order chi connectivity index (χ0) is 20.7. The number of aliphatic imine (C=N–C) groups is 1. The lowest BCUT2D eigenvalue weighted by atomic mass is 10.1. The van der Waals surface area contributed by atoms with Gasteiger partial charge in [0.25, 0.3) is 0 Å². The van der Waals surface area contributed by atoms with Crippen LogP contribution in [-0.2, 0) is 13.6 Å². The molecule has 5 rings (SSSR count). The molecule has 2 aliphatic rings. The molecule has 8 nitrogen and oxygen atoms in total. The number of rotatable bonds is 2. The van der Waals surface area contributed by atoms with Gasteiger partial charge in [-0.2, -0.15) is 5.10 Å². The number of hydrogen-bond donors (Lipinski definition) is 1. The van der Waals surface area contributed by atoms with Gasteiger partial charge in [-0.1, -0.05) is 23.7 Å². The second-order valence-corrected chi connectivity index (χ2v) is 7.85. The lowest BCUT2D eigenvalue weighted by Crippen LogP contribution is -2.48. The monoisotopic (exact) mass is 424 g/mol. The number of H-pyrrole nitrogens is 1. The number of para-hydroxylation sites is 2. The van der Waals surface area contributed by atoms with E-state index >= 15 is 0 Å². The topological polar surface area (TPSA) is 78.8 Å². The number of hydrogen-bond acceptors (Lipinski definition) is 6. The first-order chi connectivity index (χ1) is 14.6. The van der Waals surface area contributed by atoms with Crippen molar-refractivity contribution in [2.24, 2.45) is 12.0 Å². The number of nitrogens with one attached hydrogen (secondary N) is 1. The van der Waals surface area contributed by atoms with Gasteiger partial charge in [-0.3, -0.25) is 9.88 Å². The third kappa shape index (κ3) is 3.59. The number of halogens is 1. The Hall–Kier alpha value is -3.10. The van der Waals surface area contributed by atoms with Crippen LogP contribution in [0.5, 0.6) is 11.5 Å². The Kier molecular flexibility index (Phi) is 4.80. The lowest BCUT2D eigenvalue weighted by Gasteiger charge is -2.36. The first-order valence-electron chi connectivity index (χ1n) is 9.82. The van der Waals surface area contributed by atoms with E-state index in [1.54, 1.807) is 7.05 Å². The Morgan fingerprint density at radius 3 is 2.67 bits per heavy atom. The van der Waals surface area contributed by atoms with E-state index in [0.29, 0.717) is 17.4 Å². The van der Waals surface area contributed by atoms with Crippen molar-refractivity contribution >= 4 is 23.1 Å². The van der Waals surface area contributed by atoms with E-state index in [0.717, 1.165) is 54.8 Å². The van der Waals surface area contributed by atoms with Crippen LogP contribution >= 0.6 is 11.6 Å². The minimum absolute atomic E-state index is 0.191. The molecule has 0 atom stereocenters. The number of ether oxygens (including phenoxy) is 1. The summed E-state index contributed by atoms with van der Waals surface area (Å²) in [5, 5.41) is 4.88. The fourth-order valence-corrected chi connectivity index (χ4v) is 3.96. The van der Waals surface area contributed by atoms with Crippen LogP contribution in [0.1, 0.15) is 11.4 Å². The molecule has 1 saturated heterocycles. The predicted molar refractivity (Wildman–Crippen MR) is 115 cm³/mol. The van der Waals surface area contributed by atoms with Crippen LogP contribution in [0.25, 0.3) is 0 Å². The van der Waals surface area contributed by atoms with Crippen LogP contribution < -0.4 is 10.4 Å². The van der Waals surface area contributed by atoms with Crippen molar-refractivity contribution in [3.63, 3.8) is 0 Å². The van der Waals surface area contributed by atoms with Gasteiger partial charge in [0.2, 0.25) is 0 Å². The molecule has 0 unspecified atom stereocenters. The smallest absolute Gasteiger partial charge is 0.343 e. The third-order valence-corrected chi connectivity index (χ3v) is 5.59. The molecule has 0 spiro atoms. The van der Waals surface area contributed by atoms with Gasteiger partial charge >= 0.3 is 5.69 Å². The van der Waals surface area contributed by atoms with Crippen molar-refractivity contribution in [3.05, 3.63) is 69.4 Å². The summed E-state index contributed by atoms with van der Waals surface area (Å²) in [4.78, 5) is 23.9. The maximum atomic E-state index is 11.6. The molecule has 154 valence electrons. The average Bonchev–Trinajstić information content (AvgIpc) is 2.96. The maximum absolute atomic E-state index is 11.6. The number of benzene rings is 2. The van der Waals surface area contributed by atoms with Crippen molar-refractivity contribution < 1.29 is 4.74 Å². The van der Waals surface area contributed by atoms with Crippen LogP contribution in [0.4, 0.5) is 5.69 Å². The molecule has 3 heterocycles. The maximum Gasteiger partial charge on any atom is 0.343 e. The number of aromatic nitrogens is 3. The molecular weight excluding hydrogens is 404 g/mol. The van der Waals surface area contributed by atoms with Crippen molar-refractivity contribution in [1.82, 2.24) is 24.6 Å². The predicted octanol–water partition coefficient (Wildman–Crippen LogP) is 2.76. The fraction of sp³-hybridized carbons (Fsp3) is 0.286. The molecule has 9 heteroatoms. The van der Waals surface area contributed by atoms with E-state index in [4.69, 9.17) is 21.3 Å². The molecule has 1 N–H and O–H groups in total. The second kappa shape index (κ2) is 7.62. The highest BCUT2D eigenvalue weighted by molar-refractivity contribution is 6.31. The minimum Gasteiger partial charge on any atom is -0.454 e. The van der Waals surface area contributed by atoms with Gasteiger partial charge in [0.1, 0.15) is 23.1 Å². The molecule has 0 radical (unpaired) electrons. The van der Waals surface area contributed by atoms with Gasteiger partial charge in [-0.05, 0) is 30.3 Å². The third-order valence-electron chi connectivity index (χ3n) is 5.36. The summed E-state index contributed by atoms with van der Waals surface area (Å²) in [6.45, 7) is 3.87. The van der Waals surface area contributed by atoms with Gasteiger partial charge in [0.05, 0.1) is 12.1 Å². The number of aromatic amines is 1. The molecule has 3 aromatic rings. The normalized spacial score (nSPS) is 16.3. The summed E-state index contributed by atoms with van der Waals surface area (Å²) in [6.07, 6.45) is 0. The average molecular weight is 425 g/mol. The molecule has 0 amide bonds. The van der Waals surface area contributed by atoms with Crippen molar-refractivity contribution in [2.75, 3.05) is 26.2 Å². The highest BCUT2D eigenvalue weighted by atomic mass is 35.5. The summed E-state index contributed by atoms with van der Waals surface area (Å²) in [5.41, 5.74) is 1.50. The van der Waals surface area contributed by atoms with E-state index in [1.165, 1.54) is 4.68 Å². The van der Waals surface area contributed by atoms with E-state index in [1.807, 2.05) is 42.5 Å². The SMILES string of the molecule is Cn1nc(CN2CCN(C3=Nc4ccccc4Oc4ccc(Cl)cc43)CC2)[nH]c1=O. The van der Waals surface area contributed by atoms with Gasteiger partial charge < -0.3 is 9.64 Å². The summed E-state index contributed by atoms with van der Waals surface area (Å²) in [6, 6.07) is 13.4. The quantitative estimate of drug-likeness (QED) is 0.684. The Morgan fingerprint density at radius 1 is 1.10 bits per heavy atom. The Bertz CT molecular complexity index is 1180. The molecular formula is C21H21ClN6O2. The molecule has 1 aromatic heterocycles. The number of amidine groups is 1. The van der Waals surface area contributed by atoms with E-state index in [9.17, 15) is 4.79 Å². The molecule has 1 fully saturated rings. The largest absolute Gasteiger partial charge is 0.454 e. The van der Waals surface area contributed by atoms with E-state index < -0.39 is 0 Å². The Morgan fingerprint density at radius 2 is 1.90 bits per heavy atom. The van der Waals surface area contributed by atoms with Gasteiger partial charge in [0, 0.05) is 38.2 Å². The number of aryl methyl sites for hydroxylation is 1. The summed E-state index contributed by atoms with van der Waals surface area (Å²) < 4.78 is 7.46. The van der Waals surface area contributed by atoms with Crippen LogP contribution in [0.3, 0.4) is 0 Å². The van der Waals surface area contributed by atoms with Crippen LogP contribution in [0.2, 0.25) is 5.02 Å². The minimum atomic E-state index is -0.191. The van der Waals surface area contributed by atoms with E-state index in [2.05, 4.69) is 19.9 Å². The number of nitrogens with zero attached hydrogens (tertiary/aromatic N) is 5. The highest BCUT2D eigenvalue weighted by Gasteiger charge is 2.26. The molecule has 0 aliphatic carbocycles. The van der Waals surface area contributed by atoms with Crippen molar-refractivity contribution in [1.29, 1.82) is 0 Å². The highest BCUT2D eigenvalue weighted by Crippen LogP contribution is 2.38. The molecule has 0 saturated carbocycles. The van der Waals surface area contributed by atoms with Crippen LogP contribution in [0, 0.1) is 0 Å². The molecule has 2 aromatic carbocycles. The van der Waals surface area contributed by atoms with E-state index in [-0.39, 0.29) is 5.69 Å². The van der Waals surface area contributed by atoms with Crippen molar-refractivity contribution in [3.8, 4) is 11.5 Å². The summed E-state index contributed by atoms with van der Waals surface area (Å²) >= 11 is 6.30. The first kappa shape index (κ1) is 18.9. The van der Waals surface area contributed by atoms with Gasteiger partial charge in [0.15, 0.2) is 5.75 Å². The van der Waals surface area contributed by atoms with Gasteiger partial charge in [-0.15, -0.1) is 0 Å². The standard InChI is InChI=1S/C21H21ClN6O2/c1-26-21(29)24-19(25-26)13-27-8-10-28(11-9-27)20-15-12-14(22)6-7-17(15)30-18-5-3-2-4-16(18)23-20/h2-7,12H,8-11,13H2,1H3,(H,24,25,29). The fourth-order valence-electron chi connectivity index (χ4n) is 3.79. The Labute approximate surface area is 178 Å². The molecule has 30 heavy (non-hydrogen) atoms. The number of piperazine rings is 1. The zero-order valence-corrected chi connectivity index (χ0v) is 17.3. The van der Waals surface area contributed by atoms with Crippen molar-refractivity contribution in [2.45, 2.75) is 6.54 Å². The number of fused-ring (bicyclic) bond motifs is 2. The van der Waals surface area contributed by atoms with Crippen LogP contribution in [0.15, 0.2) is 52.3 Å². The molecule has 0 bridgehead atoms. The van der Waals surface area contributed by atoms with Crippen LogP contribution in [-0.4, -0.2) is 56.6 Å². The molecule has 2 aliphatic heterocycles. The van der Waals surface area contributed by atoms with Gasteiger partial charge in [-0.25, -0.2) is 14.5 Å². The summed E-state index contributed by atoms with van der Waals surface area (Å²) in [5.74, 6) is 3.02. The summed E-state index contributed by atoms with van der Waals surface area (Å²) in [7, 11) is 1.65. The zero-order valence-electron chi connectivity index (χ0n) is 16.5.